The van der Waals surface area contributed by atoms with Crippen LogP contribution in [0.5, 0.6) is 0 Å². The average molecular weight is 450 g/mol. The van der Waals surface area contributed by atoms with Crippen molar-refractivity contribution in [3.05, 3.63) is 0 Å². The van der Waals surface area contributed by atoms with Crippen molar-refractivity contribution < 1.29 is 4.18 Å². The topological polar surface area (TPSA) is 9.23 Å². The normalized spacial score (nSPS) is 46.0. The number of hydrogen-bond acceptors (Lipinski definition) is 1. The van der Waals surface area contributed by atoms with Crippen LogP contribution in [0.15, 0.2) is 0 Å². The van der Waals surface area contributed by atoms with Crippen molar-refractivity contribution in [1.82, 2.24) is 0 Å². The van der Waals surface area contributed by atoms with Gasteiger partial charge in [0.1, 0.15) is 29.8 Å². The van der Waals surface area contributed by atoms with Crippen LogP contribution < -0.4 is 0 Å². The fraction of sp³-hybridized carbons (Fsp3) is 1.00. The summed E-state index contributed by atoms with van der Waals surface area (Å²) in [6, 6.07) is 0. The first-order valence-corrected chi connectivity index (χ1v) is 15.9. The smallest absolute Gasteiger partial charge is 0.141 e. The van der Waals surface area contributed by atoms with Crippen LogP contribution in [0.25, 0.3) is 0 Å². The van der Waals surface area contributed by atoms with Gasteiger partial charge >= 0.3 is 0 Å². The molecule has 180 valence electrons. The van der Waals surface area contributed by atoms with Crippen LogP contribution in [-0.4, -0.2) is 18.6 Å². The Morgan fingerprint density at radius 3 is 2.26 bits per heavy atom. The van der Waals surface area contributed by atoms with Gasteiger partial charge in [-0.3, -0.25) is 0 Å². The highest BCUT2D eigenvalue weighted by molar-refractivity contribution is 7.90. The van der Waals surface area contributed by atoms with Crippen molar-refractivity contribution in [2.24, 2.45) is 52.3 Å². The highest BCUT2D eigenvalue weighted by Gasteiger charge is 2.60. The monoisotopic (exact) mass is 449 g/mol. The molecule has 1 nitrogen and oxygen atoms in total. The van der Waals surface area contributed by atoms with E-state index in [1.807, 2.05) is 0 Å². The zero-order valence-electron chi connectivity index (χ0n) is 21.9. The maximum Gasteiger partial charge on any atom is 0.141 e. The fourth-order valence-corrected chi connectivity index (χ4v) is 10.3. The lowest BCUT2D eigenvalue weighted by molar-refractivity contribution is -0.126. The summed E-state index contributed by atoms with van der Waals surface area (Å²) in [7, 11) is 0. The van der Waals surface area contributed by atoms with E-state index in [9.17, 15) is 0 Å². The Bertz CT molecular complexity index is 602. The van der Waals surface area contributed by atoms with Crippen LogP contribution in [0.1, 0.15) is 112 Å². The average Bonchev–Trinajstić information content (AvgIpc) is 3.05. The van der Waals surface area contributed by atoms with Gasteiger partial charge in [-0.2, -0.15) is 4.18 Å². The Kier molecular flexibility index (Phi) is 7.50. The molecule has 0 bridgehead atoms. The van der Waals surface area contributed by atoms with Crippen LogP contribution in [0, 0.1) is 52.3 Å². The maximum absolute atomic E-state index is 6.32. The molecule has 0 aromatic rings. The first-order chi connectivity index (χ1) is 14.6. The zero-order chi connectivity index (χ0) is 22.4. The van der Waals surface area contributed by atoms with Gasteiger partial charge in [-0.05, 0) is 110 Å². The molecule has 2 heteroatoms. The molecule has 0 aliphatic heterocycles. The minimum absolute atomic E-state index is 0.130. The molecule has 4 aliphatic carbocycles. The van der Waals surface area contributed by atoms with Crippen LogP contribution in [0.4, 0.5) is 0 Å². The van der Waals surface area contributed by atoms with Crippen LogP contribution in [0.2, 0.25) is 0 Å². The third-order valence-electron chi connectivity index (χ3n) is 11.1. The summed E-state index contributed by atoms with van der Waals surface area (Å²) in [5.74, 6) is 6.76. The Hall–Kier alpha value is 0.310. The third-order valence-corrected chi connectivity index (χ3v) is 11.8. The second-order valence-electron chi connectivity index (χ2n) is 13.4. The van der Waals surface area contributed by atoms with Crippen molar-refractivity contribution in [3.8, 4) is 0 Å². The van der Waals surface area contributed by atoms with E-state index in [-0.39, 0.29) is 11.2 Å². The van der Waals surface area contributed by atoms with E-state index in [0.717, 1.165) is 41.4 Å². The van der Waals surface area contributed by atoms with E-state index in [0.29, 0.717) is 16.9 Å². The molecule has 0 N–H and O–H groups in total. The number of hydrogen-bond donors (Lipinski definition) is 0. The second kappa shape index (κ2) is 9.52. The molecule has 0 spiro atoms. The summed E-state index contributed by atoms with van der Waals surface area (Å²) >= 11 is 0.130. The molecule has 0 saturated heterocycles. The molecule has 31 heavy (non-hydrogen) atoms. The molecular formula is C29H53OS+. The van der Waals surface area contributed by atoms with Crippen LogP contribution in [0.3, 0.4) is 0 Å². The lowest BCUT2D eigenvalue weighted by Gasteiger charge is -2.61. The predicted molar refractivity (Wildman–Crippen MR) is 137 cm³/mol. The Morgan fingerprint density at radius 1 is 0.839 bits per heavy atom. The molecular weight excluding hydrogens is 396 g/mol. The van der Waals surface area contributed by atoms with Gasteiger partial charge in [0.2, 0.25) is 0 Å². The van der Waals surface area contributed by atoms with Crippen LogP contribution >= 0.6 is 0 Å². The largest absolute Gasteiger partial charge is 0.171 e. The quantitative estimate of drug-likeness (QED) is 0.355. The Balaban J connectivity index is 1.43. The summed E-state index contributed by atoms with van der Waals surface area (Å²) in [5, 5.41) is 0. The van der Waals surface area contributed by atoms with Gasteiger partial charge in [-0.15, -0.1) is 0 Å². The van der Waals surface area contributed by atoms with Gasteiger partial charge in [0.25, 0.3) is 0 Å². The van der Waals surface area contributed by atoms with Crippen molar-refractivity contribution in [2.45, 2.75) is 118 Å². The molecule has 4 fully saturated rings. The number of fused-ring (bicyclic) bond motifs is 5. The van der Waals surface area contributed by atoms with E-state index < -0.39 is 0 Å². The Morgan fingerprint density at radius 2 is 1.55 bits per heavy atom. The van der Waals surface area contributed by atoms with Gasteiger partial charge in [0.05, 0.1) is 0 Å². The van der Waals surface area contributed by atoms with E-state index >= 15 is 0 Å². The van der Waals surface area contributed by atoms with Gasteiger partial charge in [-0.25, -0.2) is 0 Å². The van der Waals surface area contributed by atoms with Crippen molar-refractivity contribution in [3.63, 3.8) is 0 Å². The molecule has 9 atom stereocenters. The first-order valence-electron chi connectivity index (χ1n) is 13.9. The van der Waals surface area contributed by atoms with Crippen molar-refractivity contribution >= 4 is 11.2 Å². The SMILES string of the molecule is CC(C)CCC[C@@H](C)[C@H]1CC[C@H]2[C@@H]3CCC4C[C@@H](O[S+](C)C)CC[C@]4(C)[C@H]3CC[C@]12C. The Labute approximate surface area is 197 Å². The second-order valence-corrected chi connectivity index (χ2v) is 15.1. The van der Waals surface area contributed by atoms with Gasteiger partial charge < -0.3 is 0 Å². The van der Waals surface area contributed by atoms with E-state index in [2.05, 4.69) is 47.1 Å². The van der Waals surface area contributed by atoms with Gasteiger partial charge in [-0.1, -0.05) is 53.9 Å². The molecule has 4 rings (SSSR count). The molecule has 0 amide bonds. The minimum Gasteiger partial charge on any atom is -0.171 e. The summed E-state index contributed by atoms with van der Waals surface area (Å²) < 4.78 is 6.32. The summed E-state index contributed by atoms with van der Waals surface area (Å²) in [4.78, 5) is 0. The standard InChI is InChI=1S/C29H53OS/c1-20(2)9-8-10-21(3)25-13-14-26-24-12-11-22-19-23(30-31(6)7)15-17-28(22,4)27(24)16-18-29(25,26)5/h20-27H,8-19H2,1-7H3/q+1/t21-,22?,23+,24+,25-,26+,27+,28+,29-/m1/s1. The summed E-state index contributed by atoms with van der Waals surface area (Å²) in [6.45, 7) is 12.8. The lowest BCUT2D eigenvalue weighted by atomic mass is 9.44. The molecule has 0 heterocycles. The highest BCUT2D eigenvalue weighted by atomic mass is 32.2. The molecule has 4 aliphatic rings. The first kappa shape index (κ1) is 24.4. The minimum atomic E-state index is 0.130. The van der Waals surface area contributed by atoms with Crippen molar-refractivity contribution in [2.75, 3.05) is 12.5 Å². The summed E-state index contributed by atoms with van der Waals surface area (Å²) in [6.07, 6.45) is 22.6. The van der Waals surface area contributed by atoms with Gasteiger partial charge in [0, 0.05) is 0 Å². The van der Waals surface area contributed by atoms with E-state index in [4.69, 9.17) is 4.18 Å². The molecule has 4 saturated carbocycles. The molecule has 0 aromatic heterocycles. The third kappa shape index (κ3) is 4.65. The lowest BCUT2D eigenvalue weighted by Crippen LogP contribution is -2.54. The molecule has 0 radical (unpaired) electrons. The summed E-state index contributed by atoms with van der Waals surface area (Å²) in [5.41, 5.74) is 1.24. The maximum atomic E-state index is 6.32. The fourth-order valence-electron chi connectivity index (χ4n) is 9.60. The highest BCUT2D eigenvalue weighted by Crippen LogP contribution is 2.68. The molecule has 0 aromatic carbocycles. The zero-order valence-corrected chi connectivity index (χ0v) is 22.7. The predicted octanol–water partition coefficient (Wildman–Crippen LogP) is 8.29. The van der Waals surface area contributed by atoms with E-state index in [1.54, 1.807) is 0 Å². The van der Waals surface area contributed by atoms with Crippen molar-refractivity contribution in [1.29, 1.82) is 0 Å². The van der Waals surface area contributed by atoms with Gasteiger partial charge in [0.15, 0.2) is 0 Å². The van der Waals surface area contributed by atoms with Crippen LogP contribution in [-0.2, 0) is 15.4 Å². The van der Waals surface area contributed by atoms with E-state index in [1.165, 1.54) is 77.0 Å². The number of rotatable bonds is 7. The molecule has 1 unspecified atom stereocenters.